The maximum absolute atomic E-state index is 12.3. The molecule has 0 fully saturated rings. The molecule has 1 amide bonds. The van der Waals surface area contributed by atoms with Crippen LogP contribution in [0.3, 0.4) is 0 Å². The monoisotopic (exact) mass is 317 g/mol. The molecular weight excluding hydrogens is 298 g/mol. The van der Waals surface area contributed by atoms with E-state index in [1.165, 1.54) is 18.3 Å². The Kier molecular flexibility index (Phi) is 5.23. The van der Waals surface area contributed by atoms with Crippen LogP contribution in [0.2, 0.25) is 0 Å². The van der Waals surface area contributed by atoms with Crippen LogP contribution in [0.25, 0.3) is 10.9 Å². The number of aromatic nitrogens is 1. The van der Waals surface area contributed by atoms with Crippen LogP contribution in [0.1, 0.15) is 30.6 Å². The number of nitro benzene ring substituents is 1. The third kappa shape index (κ3) is 4.01. The van der Waals surface area contributed by atoms with Gasteiger partial charge >= 0.3 is 0 Å². The molecule has 0 aliphatic rings. The van der Waals surface area contributed by atoms with Gasteiger partial charge in [-0.05, 0) is 37.5 Å². The number of benzene rings is 1. The number of hydrogen-bond acceptors (Lipinski definition) is 5. The highest BCUT2D eigenvalue weighted by Crippen LogP contribution is 2.26. The van der Waals surface area contributed by atoms with Crippen molar-refractivity contribution in [2.45, 2.75) is 26.4 Å². The molecule has 0 saturated carbocycles. The zero-order valence-corrected chi connectivity index (χ0v) is 13.0. The van der Waals surface area contributed by atoms with E-state index in [-0.39, 0.29) is 17.5 Å². The zero-order valence-electron chi connectivity index (χ0n) is 13.0. The molecule has 0 spiro atoms. The normalized spacial score (nSPS) is 13.5. The Bertz CT molecular complexity index is 730. The van der Waals surface area contributed by atoms with Gasteiger partial charge < -0.3 is 10.4 Å². The Balaban J connectivity index is 2.25. The molecule has 122 valence electrons. The minimum Gasteiger partial charge on any atom is -0.393 e. The molecule has 1 aromatic carbocycles. The SMILES string of the molecule is CC(O)CC(C)CNC(=O)c1ccc([N+](=O)[O-])c2cccnc12. The van der Waals surface area contributed by atoms with Crippen LogP contribution in [0.4, 0.5) is 5.69 Å². The maximum Gasteiger partial charge on any atom is 0.278 e. The molecule has 2 N–H and O–H groups in total. The number of nitrogens with zero attached hydrogens (tertiary/aromatic N) is 2. The molecular formula is C16H19N3O4. The van der Waals surface area contributed by atoms with Gasteiger partial charge in [-0.25, -0.2) is 0 Å². The summed E-state index contributed by atoms with van der Waals surface area (Å²) in [6, 6.07) is 5.91. The molecule has 0 bridgehead atoms. The summed E-state index contributed by atoms with van der Waals surface area (Å²) in [5.41, 5.74) is 0.532. The van der Waals surface area contributed by atoms with Gasteiger partial charge in [-0.3, -0.25) is 19.9 Å². The molecule has 23 heavy (non-hydrogen) atoms. The van der Waals surface area contributed by atoms with Crippen LogP contribution in [-0.4, -0.2) is 33.6 Å². The summed E-state index contributed by atoms with van der Waals surface area (Å²) in [5.74, 6) is -0.211. The predicted molar refractivity (Wildman–Crippen MR) is 86.2 cm³/mol. The summed E-state index contributed by atoms with van der Waals surface area (Å²) < 4.78 is 0. The minimum absolute atomic E-state index is 0.0767. The Labute approximate surface area is 133 Å². The van der Waals surface area contributed by atoms with Gasteiger partial charge in [0.1, 0.15) is 0 Å². The summed E-state index contributed by atoms with van der Waals surface area (Å²) in [5, 5.41) is 23.5. The number of carbonyl (C=O) groups is 1. The van der Waals surface area contributed by atoms with E-state index in [1.54, 1.807) is 19.1 Å². The van der Waals surface area contributed by atoms with E-state index in [9.17, 15) is 20.0 Å². The van der Waals surface area contributed by atoms with E-state index < -0.39 is 11.0 Å². The van der Waals surface area contributed by atoms with Crippen LogP contribution in [-0.2, 0) is 0 Å². The van der Waals surface area contributed by atoms with Crippen molar-refractivity contribution >= 4 is 22.5 Å². The number of nitrogens with one attached hydrogen (secondary N) is 1. The Morgan fingerprint density at radius 2 is 2.13 bits per heavy atom. The number of fused-ring (bicyclic) bond motifs is 1. The molecule has 0 radical (unpaired) electrons. The third-order valence-corrected chi connectivity index (χ3v) is 3.54. The van der Waals surface area contributed by atoms with Crippen molar-refractivity contribution in [3.05, 3.63) is 46.1 Å². The molecule has 2 unspecified atom stereocenters. The van der Waals surface area contributed by atoms with E-state index in [0.717, 1.165) is 0 Å². The molecule has 1 aromatic heterocycles. The van der Waals surface area contributed by atoms with Gasteiger partial charge in [0.05, 0.1) is 27.5 Å². The van der Waals surface area contributed by atoms with Crippen molar-refractivity contribution in [2.75, 3.05) is 6.54 Å². The first-order valence-electron chi connectivity index (χ1n) is 7.38. The lowest BCUT2D eigenvalue weighted by atomic mass is 10.0. The highest BCUT2D eigenvalue weighted by molar-refractivity contribution is 6.07. The molecule has 0 aliphatic carbocycles. The number of aliphatic hydroxyl groups is 1. The summed E-state index contributed by atoms with van der Waals surface area (Å²) in [6.45, 7) is 4.04. The predicted octanol–water partition coefficient (Wildman–Crippen LogP) is 2.28. The number of rotatable bonds is 6. The summed E-state index contributed by atoms with van der Waals surface area (Å²) in [4.78, 5) is 27.0. The van der Waals surface area contributed by atoms with Crippen molar-refractivity contribution in [1.29, 1.82) is 0 Å². The number of non-ortho nitro benzene ring substituents is 1. The van der Waals surface area contributed by atoms with Crippen molar-refractivity contribution in [1.82, 2.24) is 10.3 Å². The van der Waals surface area contributed by atoms with Gasteiger partial charge in [0, 0.05) is 18.8 Å². The molecule has 2 aromatic rings. The number of aliphatic hydroxyl groups excluding tert-OH is 1. The quantitative estimate of drug-likeness (QED) is 0.628. The van der Waals surface area contributed by atoms with Gasteiger partial charge in [0.2, 0.25) is 0 Å². The average Bonchev–Trinajstić information content (AvgIpc) is 2.50. The van der Waals surface area contributed by atoms with E-state index in [4.69, 9.17) is 0 Å². The van der Waals surface area contributed by atoms with E-state index >= 15 is 0 Å². The van der Waals surface area contributed by atoms with Gasteiger partial charge in [-0.1, -0.05) is 6.92 Å². The minimum atomic E-state index is -0.490. The Hall–Kier alpha value is -2.54. The lowest BCUT2D eigenvalue weighted by molar-refractivity contribution is -0.383. The topological polar surface area (TPSA) is 105 Å². The average molecular weight is 317 g/mol. The molecule has 7 heteroatoms. The number of carbonyl (C=O) groups excluding carboxylic acids is 1. The summed E-state index contributed by atoms with van der Waals surface area (Å²) >= 11 is 0. The molecule has 2 atom stereocenters. The fourth-order valence-corrected chi connectivity index (χ4v) is 2.53. The third-order valence-electron chi connectivity index (χ3n) is 3.54. The van der Waals surface area contributed by atoms with Crippen LogP contribution in [0, 0.1) is 16.0 Å². The molecule has 2 rings (SSSR count). The van der Waals surface area contributed by atoms with Crippen molar-refractivity contribution in [3.8, 4) is 0 Å². The molecule has 0 saturated heterocycles. The zero-order chi connectivity index (χ0) is 17.0. The van der Waals surface area contributed by atoms with Crippen LogP contribution >= 0.6 is 0 Å². The lowest BCUT2D eigenvalue weighted by Crippen LogP contribution is -2.29. The van der Waals surface area contributed by atoms with E-state index in [1.807, 2.05) is 6.92 Å². The van der Waals surface area contributed by atoms with Gasteiger partial charge in [-0.15, -0.1) is 0 Å². The first-order valence-corrected chi connectivity index (χ1v) is 7.38. The van der Waals surface area contributed by atoms with Crippen molar-refractivity contribution in [3.63, 3.8) is 0 Å². The summed E-state index contributed by atoms with van der Waals surface area (Å²) in [7, 11) is 0. The van der Waals surface area contributed by atoms with Crippen molar-refractivity contribution in [2.24, 2.45) is 5.92 Å². The first kappa shape index (κ1) is 16.8. The van der Waals surface area contributed by atoms with E-state index in [0.29, 0.717) is 29.4 Å². The molecule has 0 aliphatic heterocycles. The maximum atomic E-state index is 12.3. The fourth-order valence-electron chi connectivity index (χ4n) is 2.53. The highest BCUT2D eigenvalue weighted by Gasteiger charge is 2.19. The second kappa shape index (κ2) is 7.15. The highest BCUT2D eigenvalue weighted by atomic mass is 16.6. The van der Waals surface area contributed by atoms with Gasteiger partial charge in [0.25, 0.3) is 11.6 Å². The van der Waals surface area contributed by atoms with E-state index in [2.05, 4.69) is 10.3 Å². The Morgan fingerprint density at radius 1 is 1.39 bits per heavy atom. The fraction of sp³-hybridized carbons (Fsp3) is 0.375. The standard InChI is InChI=1S/C16H19N3O4/c1-10(8-11(2)20)9-18-16(21)13-5-6-14(19(22)23)12-4-3-7-17-15(12)13/h3-7,10-11,20H,8-9H2,1-2H3,(H,18,21). The second-order valence-corrected chi connectivity index (χ2v) is 5.69. The smallest absolute Gasteiger partial charge is 0.278 e. The Morgan fingerprint density at radius 3 is 2.78 bits per heavy atom. The number of hydrogen-bond donors (Lipinski definition) is 2. The van der Waals surface area contributed by atoms with Crippen LogP contribution < -0.4 is 5.32 Å². The number of nitro groups is 1. The number of amides is 1. The first-order chi connectivity index (χ1) is 10.9. The summed E-state index contributed by atoms with van der Waals surface area (Å²) in [6.07, 6.45) is 1.65. The molecule has 7 nitrogen and oxygen atoms in total. The number of pyridine rings is 1. The van der Waals surface area contributed by atoms with Gasteiger partial charge in [-0.2, -0.15) is 0 Å². The lowest BCUT2D eigenvalue weighted by Gasteiger charge is -2.14. The molecule has 1 heterocycles. The van der Waals surface area contributed by atoms with Crippen LogP contribution in [0.15, 0.2) is 30.5 Å². The van der Waals surface area contributed by atoms with Crippen molar-refractivity contribution < 1.29 is 14.8 Å². The van der Waals surface area contributed by atoms with Crippen LogP contribution in [0.5, 0.6) is 0 Å². The second-order valence-electron chi connectivity index (χ2n) is 5.69. The largest absolute Gasteiger partial charge is 0.393 e. The van der Waals surface area contributed by atoms with Gasteiger partial charge in [0.15, 0.2) is 0 Å².